The van der Waals surface area contributed by atoms with Crippen LogP contribution in [0.3, 0.4) is 0 Å². The van der Waals surface area contributed by atoms with Gasteiger partial charge in [0.15, 0.2) is 0 Å². The zero-order chi connectivity index (χ0) is 24.2. The van der Waals surface area contributed by atoms with Crippen molar-refractivity contribution in [2.75, 3.05) is 18.5 Å². The number of ether oxygens (including phenoxy) is 2. The van der Waals surface area contributed by atoms with Crippen molar-refractivity contribution < 1.29 is 19.1 Å². The third-order valence-corrected chi connectivity index (χ3v) is 5.54. The van der Waals surface area contributed by atoms with Crippen LogP contribution in [0.1, 0.15) is 23.7 Å². The number of hydrogen-bond acceptors (Lipinski definition) is 5. The number of carbonyl (C=O) groups is 2. The van der Waals surface area contributed by atoms with Crippen molar-refractivity contribution in [1.29, 1.82) is 0 Å². The zero-order valence-corrected chi connectivity index (χ0v) is 20.0. The number of anilines is 1. The molecule has 1 aromatic heterocycles. The van der Waals surface area contributed by atoms with E-state index in [0.29, 0.717) is 43.9 Å². The summed E-state index contributed by atoms with van der Waals surface area (Å²) < 4.78 is 12.4. The van der Waals surface area contributed by atoms with Gasteiger partial charge in [0, 0.05) is 29.5 Å². The molecule has 0 radical (unpaired) electrons. The summed E-state index contributed by atoms with van der Waals surface area (Å²) in [6.45, 7) is 2.11. The zero-order valence-electron chi connectivity index (χ0n) is 18.5. The van der Waals surface area contributed by atoms with E-state index < -0.39 is 5.97 Å². The number of hydrogen-bond donors (Lipinski definition) is 1. The molecule has 1 N–H and O–H groups in total. The number of aromatic nitrogens is 2. The summed E-state index contributed by atoms with van der Waals surface area (Å²) in [7, 11) is 1.74. The lowest BCUT2D eigenvalue weighted by molar-refractivity contribution is -0.136. The number of amides is 1. The molecule has 174 valence electrons. The molecule has 0 unspecified atom stereocenters. The van der Waals surface area contributed by atoms with E-state index in [1.54, 1.807) is 79.5 Å². The van der Waals surface area contributed by atoms with Gasteiger partial charge in [0.05, 0.1) is 22.8 Å². The van der Waals surface area contributed by atoms with E-state index in [9.17, 15) is 9.59 Å². The van der Waals surface area contributed by atoms with Crippen LogP contribution in [0.15, 0.2) is 54.2 Å². The number of nitrogens with one attached hydrogen (secondary N) is 1. The van der Waals surface area contributed by atoms with Gasteiger partial charge in [-0.15, -0.1) is 0 Å². The number of carbonyl (C=O) groups excluding carboxylic acids is 2. The molecule has 0 aliphatic carbocycles. The minimum absolute atomic E-state index is 0.152. The highest BCUT2D eigenvalue weighted by Gasteiger charge is 2.19. The third kappa shape index (κ3) is 5.32. The first-order valence-corrected chi connectivity index (χ1v) is 11.2. The fourth-order valence-electron chi connectivity index (χ4n) is 3.40. The molecule has 2 heterocycles. The summed E-state index contributed by atoms with van der Waals surface area (Å²) in [4.78, 5) is 25.3. The van der Waals surface area contributed by atoms with Gasteiger partial charge >= 0.3 is 5.97 Å². The molecular formula is C25H21Cl2N3O4. The van der Waals surface area contributed by atoms with E-state index >= 15 is 0 Å². The number of benzene rings is 2. The minimum atomic E-state index is -0.497. The molecule has 0 spiro atoms. The molecule has 4 rings (SSSR count). The third-order valence-electron chi connectivity index (χ3n) is 5.02. The smallest absolute Gasteiger partial charge is 0.338 e. The average molecular weight is 498 g/mol. The Morgan fingerprint density at radius 2 is 1.97 bits per heavy atom. The van der Waals surface area contributed by atoms with Crippen LogP contribution in [-0.4, -0.2) is 34.9 Å². The number of nitrogens with zero attached hydrogens (tertiary/aromatic N) is 2. The summed E-state index contributed by atoms with van der Waals surface area (Å²) in [6.07, 6.45) is 4.98. The van der Waals surface area contributed by atoms with E-state index in [4.69, 9.17) is 32.7 Å². The van der Waals surface area contributed by atoms with Crippen molar-refractivity contribution in [3.8, 4) is 5.75 Å². The van der Waals surface area contributed by atoms with Crippen LogP contribution in [0.5, 0.6) is 5.75 Å². The second-order valence-corrected chi connectivity index (χ2v) is 8.33. The molecule has 1 aliphatic heterocycles. The van der Waals surface area contributed by atoms with Crippen LogP contribution in [-0.2, 0) is 21.4 Å². The molecular weight excluding hydrogens is 477 g/mol. The van der Waals surface area contributed by atoms with Crippen molar-refractivity contribution >= 4 is 58.5 Å². The number of halogens is 2. The molecule has 1 aliphatic rings. The molecule has 0 saturated carbocycles. The van der Waals surface area contributed by atoms with Crippen molar-refractivity contribution in [2.24, 2.45) is 7.05 Å². The van der Waals surface area contributed by atoms with Crippen molar-refractivity contribution in [3.63, 3.8) is 0 Å². The van der Waals surface area contributed by atoms with Gasteiger partial charge in [-0.1, -0.05) is 35.3 Å². The first-order chi connectivity index (χ1) is 16.3. The quantitative estimate of drug-likeness (QED) is 0.371. The Morgan fingerprint density at radius 3 is 2.65 bits per heavy atom. The van der Waals surface area contributed by atoms with Gasteiger partial charge in [-0.2, -0.15) is 5.10 Å². The van der Waals surface area contributed by atoms with E-state index in [-0.39, 0.29) is 19.1 Å². The number of fused-ring (bicyclic) bond motifs is 1. The van der Waals surface area contributed by atoms with Gasteiger partial charge in [0.1, 0.15) is 18.1 Å². The Bertz CT molecular complexity index is 1310. The van der Waals surface area contributed by atoms with Crippen molar-refractivity contribution in [2.45, 2.75) is 6.92 Å². The molecule has 0 bridgehead atoms. The van der Waals surface area contributed by atoms with Gasteiger partial charge in [-0.25, -0.2) is 4.79 Å². The summed E-state index contributed by atoms with van der Waals surface area (Å²) >= 11 is 12.2. The lowest BCUT2D eigenvalue weighted by Gasteiger charge is -2.18. The summed E-state index contributed by atoms with van der Waals surface area (Å²) in [5.74, 6) is -0.112. The highest BCUT2D eigenvalue weighted by molar-refractivity contribution is 6.33. The molecule has 0 saturated heterocycles. The maximum atomic E-state index is 12.8. The van der Waals surface area contributed by atoms with Gasteiger partial charge in [-0.05, 0) is 55.0 Å². The van der Waals surface area contributed by atoms with Gasteiger partial charge in [0.25, 0.3) is 5.91 Å². The van der Waals surface area contributed by atoms with E-state index in [1.165, 1.54) is 0 Å². The Kier molecular flexibility index (Phi) is 7.05. The maximum Gasteiger partial charge on any atom is 0.338 e. The number of aryl methyl sites for hydroxylation is 1. The van der Waals surface area contributed by atoms with E-state index in [1.807, 2.05) is 0 Å². The predicted molar refractivity (Wildman–Crippen MR) is 133 cm³/mol. The minimum Gasteiger partial charge on any atom is -0.488 e. The topological polar surface area (TPSA) is 82.5 Å². The van der Waals surface area contributed by atoms with E-state index in [0.717, 1.165) is 5.56 Å². The number of esters is 1. The Morgan fingerprint density at radius 1 is 1.21 bits per heavy atom. The summed E-state index contributed by atoms with van der Waals surface area (Å²) in [5.41, 5.74) is 3.13. The Labute approximate surface area is 206 Å². The van der Waals surface area contributed by atoms with Crippen LogP contribution < -0.4 is 10.1 Å². The highest BCUT2D eigenvalue weighted by atomic mass is 35.5. The lowest BCUT2D eigenvalue weighted by atomic mass is 10.0. The molecule has 0 atom stereocenters. The average Bonchev–Trinajstić information content (AvgIpc) is 3.14. The van der Waals surface area contributed by atoms with Crippen LogP contribution in [0.2, 0.25) is 10.0 Å². The summed E-state index contributed by atoms with van der Waals surface area (Å²) in [6, 6.07) is 12.1. The molecule has 2 aromatic carbocycles. The van der Waals surface area contributed by atoms with Crippen molar-refractivity contribution in [3.05, 3.63) is 81.1 Å². The number of rotatable bonds is 6. The molecule has 3 aromatic rings. The normalized spacial score (nSPS) is 12.9. The first-order valence-electron chi connectivity index (χ1n) is 10.5. The van der Waals surface area contributed by atoms with Crippen molar-refractivity contribution in [1.82, 2.24) is 9.78 Å². The fourth-order valence-corrected chi connectivity index (χ4v) is 3.82. The fraction of sp³-hybridized carbons (Fsp3) is 0.160. The lowest BCUT2D eigenvalue weighted by Crippen LogP contribution is -2.21. The van der Waals surface area contributed by atoms with Crippen LogP contribution >= 0.6 is 23.2 Å². The Hall–Kier alpha value is -3.55. The summed E-state index contributed by atoms with van der Waals surface area (Å²) in [5, 5.41) is 8.09. The van der Waals surface area contributed by atoms with Gasteiger partial charge in [0.2, 0.25) is 0 Å². The monoisotopic (exact) mass is 497 g/mol. The second-order valence-electron chi connectivity index (χ2n) is 7.49. The second kappa shape index (κ2) is 10.2. The predicted octanol–water partition coefficient (Wildman–Crippen LogP) is 5.25. The molecule has 9 heteroatoms. The van der Waals surface area contributed by atoms with Crippen LogP contribution in [0.4, 0.5) is 5.69 Å². The van der Waals surface area contributed by atoms with Gasteiger partial charge < -0.3 is 14.8 Å². The Balaban J connectivity index is 1.55. The van der Waals surface area contributed by atoms with Gasteiger partial charge in [-0.3, -0.25) is 9.48 Å². The SMILES string of the molecule is CCOC(=O)/C(=C\c1nn(C)cc1Cl)c1ccc(NC(=O)C2=Cc3cc(Cl)ccc3OC2)cc1. The molecule has 7 nitrogen and oxygen atoms in total. The molecule has 0 fully saturated rings. The maximum absolute atomic E-state index is 12.8. The highest BCUT2D eigenvalue weighted by Crippen LogP contribution is 2.30. The van der Waals surface area contributed by atoms with Crippen LogP contribution in [0.25, 0.3) is 17.7 Å². The largest absolute Gasteiger partial charge is 0.488 e. The standard InChI is InChI=1S/C25H21Cl2N3O4/c1-3-33-25(32)20(12-22-21(27)13-30(2)29-22)15-4-7-19(8-5-15)28-24(31)17-10-16-11-18(26)6-9-23(16)34-14-17/h4-13H,3,14H2,1-2H3,(H,28,31)/b20-12-. The van der Waals surface area contributed by atoms with Crippen LogP contribution in [0, 0.1) is 0 Å². The molecule has 1 amide bonds. The molecule has 34 heavy (non-hydrogen) atoms. The first kappa shape index (κ1) is 23.6. The van der Waals surface area contributed by atoms with E-state index in [2.05, 4.69) is 10.4 Å².